The Hall–Kier alpha value is -9.34. The van der Waals surface area contributed by atoms with Crippen molar-refractivity contribution in [2.45, 2.75) is 80.7 Å². The molecular weight excluding hydrogens is 1360 g/mol. The number of ketones is 2. The summed E-state index contributed by atoms with van der Waals surface area (Å²) in [6, 6.07) is 40.4. The summed E-state index contributed by atoms with van der Waals surface area (Å²) in [4.78, 5) is 71.5. The van der Waals surface area contributed by atoms with E-state index in [4.69, 9.17) is 28.3 Å². The van der Waals surface area contributed by atoms with Gasteiger partial charge in [0.25, 0.3) is 0 Å². The first-order valence-corrected chi connectivity index (χ1v) is 41.5. The third kappa shape index (κ3) is 11.0. The van der Waals surface area contributed by atoms with Crippen LogP contribution < -0.4 is 23.0 Å². The number of carbonyl (C=O) groups is 4. The summed E-state index contributed by atoms with van der Waals surface area (Å²) in [5.41, 5.74) is 10.2. The SMILES string of the molecule is CCC(=O)c1c(-c2ccc(F)cc2)oc2cc(N3CCCC3=O)c(-c3ccc4c(n3)-c3cc5c(F)cccc5n3CO4)cc12.CCC(=O)c1c(-c2ccc(F)cc2)oc2cc(N3CCCC3=O)c(Br)cc12.[CH3][Sn]([CH3])([CH3])[c]1ccc2c(n1)-c1cc3c(F)cccc3n1CO2. The van der Waals surface area contributed by atoms with Gasteiger partial charge in [0.15, 0.2) is 18.3 Å². The van der Waals surface area contributed by atoms with Crippen molar-refractivity contribution < 1.29 is 55.0 Å². The van der Waals surface area contributed by atoms with E-state index < -0.39 is 24.2 Å². The number of furan rings is 2. The molecule has 468 valence electrons. The first kappa shape index (κ1) is 61.2. The van der Waals surface area contributed by atoms with Gasteiger partial charge in [0, 0.05) is 88.2 Å². The zero-order valence-electron chi connectivity index (χ0n) is 51.3. The number of ether oxygens (including phenoxy) is 2. The van der Waals surface area contributed by atoms with Gasteiger partial charge in [-0.3, -0.25) is 19.2 Å². The van der Waals surface area contributed by atoms with E-state index in [0.717, 1.165) is 44.9 Å². The molecule has 2 saturated heterocycles. The van der Waals surface area contributed by atoms with Crippen LogP contribution in [0.5, 0.6) is 11.5 Å². The fourth-order valence-electron chi connectivity index (χ4n) is 12.7. The molecule has 0 radical (unpaired) electrons. The molecule has 0 N–H and O–H groups in total. The van der Waals surface area contributed by atoms with Crippen LogP contribution in [-0.4, -0.2) is 73.9 Å². The predicted molar refractivity (Wildman–Crippen MR) is 357 cm³/mol. The Morgan fingerprint density at radius 3 is 1.51 bits per heavy atom. The van der Waals surface area contributed by atoms with Crippen molar-refractivity contribution in [3.05, 3.63) is 184 Å². The summed E-state index contributed by atoms with van der Waals surface area (Å²) in [5.74, 6) is 0.730. The molecule has 0 unspecified atom stereocenters. The maximum atomic E-state index is 14.7. The second kappa shape index (κ2) is 24.3. The number of anilines is 2. The van der Waals surface area contributed by atoms with Gasteiger partial charge in [0.05, 0.1) is 39.4 Å². The van der Waals surface area contributed by atoms with E-state index in [1.165, 1.54) is 40.1 Å². The van der Waals surface area contributed by atoms with Gasteiger partial charge < -0.3 is 27.9 Å². The fraction of sp³-hybridized carbons (Fsp3) is 0.205. The number of halogens is 5. The summed E-state index contributed by atoms with van der Waals surface area (Å²) in [6.07, 6.45) is 3.05. The van der Waals surface area contributed by atoms with Gasteiger partial charge in [-0.05, 0) is 120 Å². The van der Waals surface area contributed by atoms with Crippen LogP contribution in [0.15, 0.2) is 159 Å². The van der Waals surface area contributed by atoms with E-state index in [1.807, 2.05) is 57.7 Å². The second-order valence-electron chi connectivity index (χ2n) is 24.3. The molecule has 6 aromatic heterocycles. The Labute approximate surface area is 543 Å². The van der Waals surface area contributed by atoms with Gasteiger partial charge in [-0.1, -0.05) is 19.9 Å². The number of amides is 2. The summed E-state index contributed by atoms with van der Waals surface area (Å²) in [5, 5.41) is 2.36. The minimum absolute atomic E-state index is 0.0160. The number of aromatic nitrogens is 4. The van der Waals surface area contributed by atoms with Crippen molar-refractivity contribution in [1.82, 2.24) is 19.1 Å². The molecule has 4 aliphatic rings. The van der Waals surface area contributed by atoms with Crippen molar-refractivity contribution in [3.63, 3.8) is 0 Å². The third-order valence-electron chi connectivity index (χ3n) is 17.4. The monoisotopic (exact) mass is 1420 g/mol. The van der Waals surface area contributed by atoms with Gasteiger partial charge in [-0.2, -0.15) is 0 Å². The molecule has 10 heterocycles. The Kier molecular flexibility index (Phi) is 16.0. The van der Waals surface area contributed by atoms with Crippen molar-refractivity contribution in [3.8, 4) is 68.2 Å². The average Bonchev–Trinajstić information content (AvgIpc) is 1.66. The van der Waals surface area contributed by atoms with Crippen LogP contribution in [0.1, 0.15) is 73.1 Å². The normalized spacial score (nSPS) is 14.1. The number of carbonyl (C=O) groups excluding carboxylic acids is 4. The van der Waals surface area contributed by atoms with E-state index in [2.05, 4.69) is 36.8 Å². The maximum absolute atomic E-state index is 14.7. The van der Waals surface area contributed by atoms with Crippen molar-refractivity contribution >= 4 is 117 Å². The molecular formula is C73H59BrF4N6O8Sn. The van der Waals surface area contributed by atoms with Gasteiger partial charge in [0.2, 0.25) is 11.8 Å². The zero-order valence-corrected chi connectivity index (χ0v) is 55.7. The van der Waals surface area contributed by atoms with Crippen LogP contribution in [0.4, 0.5) is 28.9 Å². The number of nitrogens with zero attached hydrogens (tertiary/aromatic N) is 6. The van der Waals surface area contributed by atoms with E-state index in [0.29, 0.717) is 146 Å². The molecule has 6 aromatic carbocycles. The summed E-state index contributed by atoms with van der Waals surface area (Å²) >= 11 is 1.27. The van der Waals surface area contributed by atoms with Gasteiger partial charge in [0.1, 0.15) is 51.6 Å². The number of fused-ring (bicyclic) bond motifs is 12. The van der Waals surface area contributed by atoms with Crippen LogP contribution >= 0.6 is 15.9 Å². The van der Waals surface area contributed by atoms with E-state index >= 15 is 0 Å². The second-order valence-corrected chi connectivity index (χ2v) is 39.4. The van der Waals surface area contributed by atoms with Gasteiger partial charge in [-0.15, -0.1) is 0 Å². The number of benzene rings is 6. The predicted octanol–water partition coefficient (Wildman–Crippen LogP) is 17.6. The molecule has 2 fully saturated rings. The van der Waals surface area contributed by atoms with Crippen molar-refractivity contribution in [2.24, 2.45) is 0 Å². The van der Waals surface area contributed by atoms with Crippen molar-refractivity contribution in [1.29, 1.82) is 0 Å². The van der Waals surface area contributed by atoms with E-state index in [9.17, 15) is 36.7 Å². The number of hydrogen-bond acceptors (Lipinski definition) is 10. The average molecular weight is 1420 g/mol. The molecule has 93 heavy (non-hydrogen) atoms. The Bertz CT molecular complexity index is 5070. The quantitative estimate of drug-likeness (QED) is 0.0734. The molecule has 12 aromatic rings. The van der Waals surface area contributed by atoms with Crippen molar-refractivity contribution in [2.75, 3.05) is 22.9 Å². The van der Waals surface area contributed by atoms with E-state index in [1.54, 1.807) is 78.2 Å². The van der Waals surface area contributed by atoms with Gasteiger partial charge >= 0.3 is 133 Å². The molecule has 0 spiro atoms. The number of pyridine rings is 2. The number of hydrogen-bond donors (Lipinski definition) is 0. The van der Waals surface area contributed by atoms with Gasteiger partial charge in [-0.25, -0.2) is 18.2 Å². The van der Waals surface area contributed by atoms with Crippen LogP contribution in [0.3, 0.4) is 0 Å². The van der Waals surface area contributed by atoms with Crippen LogP contribution in [0, 0.1) is 23.3 Å². The molecule has 0 bridgehead atoms. The Morgan fingerprint density at radius 2 is 1.02 bits per heavy atom. The minimum atomic E-state index is -2.26. The molecule has 20 heteroatoms. The Balaban J connectivity index is 0.000000131. The molecule has 2 amide bonds. The first-order valence-electron chi connectivity index (χ1n) is 30.8. The summed E-state index contributed by atoms with van der Waals surface area (Å²) in [7, 11) is 0. The van der Waals surface area contributed by atoms with Crippen LogP contribution in [0.25, 0.3) is 100 Å². The standard InChI is InChI=1S/C35H25F2N3O4.C21H17BrFNO3.C14H8FN2O.3CH3.Sn/c1-2-29(41)33-23-15-22(25-12-13-30-34(38-25)28-16-21-24(37)5-3-6-26(21)40(28)18-43-30)27(39-14-4-7-32(39)42)17-31(23)44-35(33)19-8-10-20(36)11-9-19;1-2-17(25)20-14-10-15(22)16(24-9-3-4-19(24)26)11-18(14)27-21(20)12-5-7-13(23)8-6-12;15-10-3-1-4-11-9(10)7-12-14-13(5-2-6-16-14)18-8-17(11)12;;;;/h3,5-6,8-13,15-17H,2,4,7,14,18H2,1H3;5-8,10-11H,2-4,9H2,1H3;1-5,7H,8H2;3*1H3;. The summed E-state index contributed by atoms with van der Waals surface area (Å²) < 4.78 is 85.8. The first-order chi connectivity index (χ1) is 44.8. The summed E-state index contributed by atoms with van der Waals surface area (Å²) in [6.45, 7) is 5.39. The molecule has 0 aliphatic carbocycles. The van der Waals surface area contributed by atoms with Crippen LogP contribution in [-0.2, 0) is 23.1 Å². The number of rotatable bonds is 10. The molecule has 4 aliphatic heterocycles. The zero-order chi connectivity index (χ0) is 64.7. The van der Waals surface area contributed by atoms with E-state index in [-0.39, 0.29) is 54.0 Å². The topological polar surface area (TPSA) is 155 Å². The molecule has 0 saturated carbocycles. The third-order valence-corrected chi connectivity index (χ3v) is 23.3. The molecule has 14 nitrogen and oxygen atoms in total. The van der Waals surface area contributed by atoms with Crippen LogP contribution in [0.2, 0.25) is 14.8 Å². The molecule has 16 rings (SSSR count). The fourth-order valence-corrected chi connectivity index (χ4v) is 16.2. The Morgan fingerprint density at radius 1 is 0.548 bits per heavy atom. The molecule has 0 atom stereocenters. The number of Topliss-reactive ketones (excluding diaryl/α,β-unsaturated/α-hetero) is 2.